The lowest BCUT2D eigenvalue weighted by molar-refractivity contribution is 0.628. The van der Waals surface area contributed by atoms with E-state index in [9.17, 15) is 4.39 Å². The molecule has 0 radical (unpaired) electrons. The van der Waals surface area contributed by atoms with E-state index in [4.69, 9.17) is 0 Å². The number of halogens is 1. The van der Waals surface area contributed by atoms with Gasteiger partial charge in [-0.2, -0.15) is 0 Å². The maximum atomic E-state index is 12.8. The largest absolute Gasteiger partial charge is 0.306 e. The van der Waals surface area contributed by atoms with E-state index in [0.29, 0.717) is 0 Å². The van der Waals surface area contributed by atoms with Gasteiger partial charge in [-0.05, 0) is 35.4 Å². The Labute approximate surface area is 92.0 Å². The quantitative estimate of drug-likeness (QED) is 0.605. The second-order valence-electron chi connectivity index (χ2n) is 3.62. The van der Waals surface area contributed by atoms with E-state index < -0.39 is 0 Å². The van der Waals surface area contributed by atoms with Crippen LogP contribution in [-0.2, 0) is 0 Å². The van der Waals surface area contributed by atoms with Crippen molar-refractivity contribution >= 4 is 5.65 Å². The Bertz CT molecular complexity index is 626. The predicted octanol–water partition coefficient (Wildman–Crippen LogP) is 3.14. The molecule has 2 nitrogen and oxygen atoms in total. The van der Waals surface area contributed by atoms with Gasteiger partial charge in [0.25, 0.3) is 0 Å². The number of aromatic nitrogens is 2. The van der Waals surface area contributed by atoms with Crippen LogP contribution >= 0.6 is 0 Å². The van der Waals surface area contributed by atoms with Crippen LogP contribution in [0, 0.1) is 5.82 Å². The summed E-state index contributed by atoms with van der Waals surface area (Å²) in [6.45, 7) is 0. The van der Waals surface area contributed by atoms with Gasteiger partial charge in [-0.3, -0.25) is 0 Å². The Morgan fingerprint density at radius 2 is 1.69 bits per heavy atom. The van der Waals surface area contributed by atoms with Crippen LogP contribution in [0.3, 0.4) is 0 Å². The van der Waals surface area contributed by atoms with E-state index in [1.54, 1.807) is 18.3 Å². The zero-order valence-electron chi connectivity index (χ0n) is 8.47. The first-order valence-corrected chi connectivity index (χ1v) is 5.01. The normalized spacial score (nSPS) is 10.8. The smallest absolute Gasteiger partial charge is 0.136 e. The van der Waals surface area contributed by atoms with Crippen molar-refractivity contribution in [1.29, 1.82) is 0 Å². The van der Waals surface area contributed by atoms with E-state index in [0.717, 1.165) is 16.8 Å². The lowest BCUT2D eigenvalue weighted by atomic mass is 10.1. The molecule has 0 saturated heterocycles. The maximum absolute atomic E-state index is 12.8. The van der Waals surface area contributed by atoms with Gasteiger partial charge in [0.1, 0.15) is 11.5 Å². The van der Waals surface area contributed by atoms with E-state index in [-0.39, 0.29) is 5.82 Å². The fraction of sp³-hybridized carbons (Fsp3) is 0. The number of imidazole rings is 1. The van der Waals surface area contributed by atoms with Crippen LogP contribution in [0.2, 0.25) is 0 Å². The second-order valence-corrected chi connectivity index (χ2v) is 3.62. The molecule has 78 valence electrons. The average Bonchev–Trinajstić information content (AvgIpc) is 2.77. The lowest BCUT2D eigenvalue weighted by Gasteiger charge is -2.02. The summed E-state index contributed by atoms with van der Waals surface area (Å²) in [5.41, 5.74) is 2.95. The van der Waals surface area contributed by atoms with Crippen LogP contribution in [0.25, 0.3) is 16.8 Å². The second kappa shape index (κ2) is 3.45. The molecule has 0 N–H and O–H groups in total. The molecule has 16 heavy (non-hydrogen) atoms. The van der Waals surface area contributed by atoms with E-state index >= 15 is 0 Å². The SMILES string of the molecule is Fc1ccc(-c2ccc3nccn3c2)cc1. The minimum absolute atomic E-state index is 0.215. The molecule has 0 amide bonds. The number of hydrogen-bond donors (Lipinski definition) is 0. The predicted molar refractivity (Wildman–Crippen MR) is 60.6 cm³/mol. The van der Waals surface area contributed by atoms with Crippen molar-refractivity contribution in [1.82, 2.24) is 9.38 Å². The molecule has 3 heteroatoms. The van der Waals surface area contributed by atoms with Crippen molar-refractivity contribution in [2.24, 2.45) is 0 Å². The molecule has 3 aromatic rings. The molecule has 0 atom stereocenters. The summed E-state index contributed by atoms with van der Waals surface area (Å²) >= 11 is 0. The Balaban J connectivity index is 2.14. The summed E-state index contributed by atoms with van der Waals surface area (Å²) in [5, 5.41) is 0. The maximum Gasteiger partial charge on any atom is 0.136 e. The highest BCUT2D eigenvalue weighted by atomic mass is 19.1. The molecule has 3 rings (SSSR count). The monoisotopic (exact) mass is 212 g/mol. The van der Waals surface area contributed by atoms with Gasteiger partial charge < -0.3 is 4.40 Å². The fourth-order valence-electron chi connectivity index (χ4n) is 1.73. The molecule has 0 unspecified atom stereocenters. The van der Waals surface area contributed by atoms with E-state index in [1.807, 2.05) is 28.9 Å². The molecule has 0 saturated carbocycles. The molecule has 0 aliphatic carbocycles. The zero-order valence-corrected chi connectivity index (χ0v) is 8.47. The number of benzene rings is 1. The standard InChI is InChI=1S/C13H9FN2/c14-12-4-1-10(2-5-12)11-3-6-13-15-7-8-16(13)9-11/h1-9H. The van der Waals surface area contributed by atoms with Crippen molar-refractivity contribution in [3.8, 4) is 11.1 Å². The lowest BCUT2D eigenvalue weighted by Crippen LogP contribution is -1.85. The highest BCUT2D eigenvalue weighted by molar-refractivity contribution is 5.64. The summed E-state index contributed by atoms with van der Waals surface area (Å²) in [5.74, 6) is -0.215. The Morgan fingerprint density at radius 3 is 2.50 bits per heavy atom. The summed E-state index contributed by atoms with van der Waals surface area (Å²) < 4.78 is 14.7. The Kier molecular flexibility index (Phi) is 1.96. The van der Waals surface area contributed by atoms with Gasteiger partial charge in [-0.15, -0.1) is 0 Å². The van der Waals surface area contributed by atoms with E-state index in [1.165, 1.54) is 12.1 Å². The van der Waals surface area contributed by atoms with Crippen LogP contribution in [0.1, 0.15) is 0 Å². The molecule has 0 aliphatic rings. The molecular weight excluding hydrogens is 203 g/mol. The summed E-state index contributed by atoms with van der Waals surface area (Å²) in [7, 11) is 0. The van der Waals surface area contributed by atoms with Gasteiger partial charge in [0, 0.05) is 18.6 Å². The minimum Gasteiger partial charge on any atom is -0.306 e. The molecular formula is C13H9FN2. The zero-order chi connectivity index (χ0) is 11.0. The van der Waals surface area contributed by atoms with Crippen LogP contribution in [-0.4, -0.2) is 9.38 Å². The molecule has 2 aromatic heterocycles. The first-order valence-electron chi connectivity index (χ1n) is 5.01. The number of pyridine rings is 1. The third kappa shape index (κ3) is 1.46. The van der Waals surface area contributed by atoms with Crippen molar-refractivity contribution < 1.29 is 4.39 Å². The summed E-state index contributed by atoms with van der Waals surface area (Å²) in [6, 6.07) is 10.4. The third-order valence-electron chi connectivity index (χ3n) is 2.57. The van der Waals surface area contributed by atoms with Gasteiger partial charge in [0.15, 0.2) is 0 Å². The van der Waals surface area contributed by atoms with Gasteiger partial charge in [-0.1, -0.05) is 12.1 Å². The highest BCUT2D eigenvalue weighted by Gasteiger charge is 2.00. The Morgan fingerprint density at radius 1 is 0.938 bits per heavy atom. The summed E-state index contributed by atoms with van der Waals surface area (Å²) in [4.78, 5) is 4.17. The number of fused-ring (bicyclic) bond motifs is 1. The third-order valence-corrected chi connectivity index (χ3v) is 2.57. The van der Waals surface area contributed by atoms with Crippen LogP contribution in [0.5, 0.6) is 0 Å². The molecule has 0 bridgehead atoms. The minimum atomic E-state index is -0.215. The van der Waals surface area contributed by atoms with Crippen LogP contribution < -0.4 is 0 Å². The van der Waals surface area contributed by atoms with Crippen molar-refractivity contribution in [2.45, 2.75) is 0 Å². The average molecular weight is 212 g/mol. The van der Waals surface area contributed by atoms with Crippen molar-refractivity contribution in [2.75, 3.05) is 0 Å². The molecule has 0 fully saturated rings. The highest BCUT2D eigenvalue weighted by Crippen LogP contribution is 2.19. The van der Waals surface area contributed by atoms with Gasteiger partial charge in [0.2, 0.25) is 0 Å². The topological polar surface area (TPSA) is 17.3 Å². The molecule has 1 aromatic carbocycles. The van der Waals surface area contributed by atoms with Gasteiger partial charge in [-0.25, -0.2) is 9.37 Å². The van der Waals surface area contributed by atoms with Crippen LogP contribution in [0.4, 0.5) is 4.39 Å². The number of nitrogens with zero attached hydrogens (tertiary/aromatic N) is 2. The number of hydrogen-bond acceptors (Lipinski definition) is 1. The van der Waals surface area contributed by atoms with Crippen molar-refractivity contribution in [3.05, 3.63) is 60.8 Å². The van der Waals surface area contributed by atoms with Crippen LogP contribution in [0.15, 0.2) is 55.0 Å². The van der Waals surface area contributed by atoms with E-state index in [2.05, 4.69) is 4.98 Å². The molecule has 0 spiro atoms. The Hall–Kier alpha value is -2.16. The van der Waals surface area contributed by atoms with Gasteiger partial charge in [0.05, 0.1) is 0 Å². The first kappa shape index (κ1) is 9.09. The number of rotatable bonds is 1. The molecule has 0 aliphatic heterocycles. The summed E-state index contributed by atoms with van der Waals surface area (Å²) in [6.07, 6.45) is 5.63. The fourth-order valence-corrected chi connectivity index (χ4v) is 1.73. The molecule has 2 heterocycles. The van der Waals surface area contributed by atoms with Gasteiger partial charge >= 0.3 is 0 Å². The first-order chi connectivity index (χ1) is 7.83. The van der Waals surface area contributed by atoms with Crippen molar-refractivity contribution in [3.63, 3.8) is 0 Å².